The Hall–Kier alpha value is -0.530. The molecule has 0 radical (unpaired) electrons. The summed E-state index contributed by atoms with van der Waals surface area (Å²) in [6.07, 6.45) is 3.28. The minimum absolute atomic E-state index is 0.341. The molecule has 3 fully saturated rings. The van der Waals surface area contributed by atoms with E-state index in [1.165, 1.54) is 6.42 Å². The molecule has 0 aromatic carbocycles. The number of hydrogen-bond donors (Lipinski definition) is 0. The lowest BCUT2D eigenvalue weighted by Gasteiger charge is -2.29. The summed E-state index contributed by atoms with van der Waals surface area (Å²) in [5, 5.41) is 0. The molecular formula is C9H13NO. The van der Waals surface area contributed by atoms with Crippen LogP contribution in [0, 0.1) is 11.8 Å². The van der Waals surface area contributed by atoms with Gasteiger partial charge in [0.25, 0.3) is 0 Å². The van der Waals surface area contributed by atoms with Crippen molar-refractivity contribution < 1.29 is 4.79 Å². The van der Waals surface area contributed by atoms with Gasteiger partial charge in [-0.05, 0) is 31.6 Å². The molecule has 0 bridgehead atoms. The molecule has 0 aromatic heterocycles. The third-order valence-electron chi connectivity index (χ3n) is 3.84. The van der Waals surface area contributed by atoms with Crippen LogP contribution >= 0.6 is 0 Å². The molecule has 1 saturated heterocycles. The van der Waals surface area contributed by atoms with E-state index in [9.17, 15) is 4.79 Å². The molecule has 2 aliphatic carbocycles. The maximum Gasteiger partial charge on any atom is 0.223 e. The predicted molar refractivity (Wildman–Crippen MR) is 40.9 cm³/mol. The number of fused-ring (bicyclic) bond motifs is 1. The van der Waals surface area contributed by atoms with Gasteiger partial charge >= 0.3 is 0 Å². The fourth-order valence-electron chi connectivity index (χ4n) is 2.75. The highest BCUT2D eigenvalue weighted by Gasteiger charge is 2.77. The lowest BCUT2D eigenvalue weighted by atomic mass is 10.1. The van der Waals surface area contributed by atoms with E-state index < -0.39 is 0 Å². The number of nitrogens with zero attached hydrogens (tertiary/aromatic N) is 1. The van der Waals surface area contributed by atoms with Crippen molar-refractivity contribution in [3.63, 3.8) is 0 Å². The molecule has 0 aromatic rings. The second-order valence-electron chi connectivity index (χ2n) is 4.32. The van der Waals surface area contributed by atoms with Crippen LogP contribution in [0.25, 0.3) is 0 Å². The predicted octanol–water partition coefficient (Wildman–Crippen LogP) is 1.02. The van der Waals surface area contributed by atoms with E-state index in [2.05, 4.69) is 11.8 Å². The Balaban J connectivity index is 1.83. The Labute approximate surface area is 66.6 Å². The Morgan fingerprint density at radius 3 is 2.64 bits per heavy atom. The first kappa shape index (κ1) is 6.04. The maximum absolute atomic E-state index is 11.4. The van der Waals surface area contributed by atoms with E-state index in [1.54, 1.807) is 0 Å². The van der Waals surface area contributed by atoms with Gasteiger partial charge in [-0.1, -0.05) is 0 Å². The quantitative estimate of drug-likeness (QED) is 0.548. The van der Waals surface area contributed by atoms with Gasteiger partial charge in [0.15, 0.2) is 0 Å². The van der Waals surface area contributed by atoms with Crippen LogP contribution in [0.15, 0.2) is 0 Å². The van der Waals surface area contributed by atoms with E-state index >= 15 is 0 Å². The van der Waals surface area contributed by atoms with Crippen LogP contribution in [0.4, 0.5) is 0 Å². The summed E-state index contributed by atoms with van der Waals surface area (Å²) in [6.45, 7) is 3.29. The molecule has 3 aliphatic rings. The number of rotatable bonds is 1. The average molecular weight is 151 g/mol. The van der Waals surface area contributed by atoms with Gasteiger partial charge in [-0.3, -0.25) is 4.79 Å². The van der Waals surface area contributed by atoms with E-state index in [1.807, 2.05) is 0 Å². The number of hydrogen-bond acceptors (Lipinski definition) is 1. The summed E-state index contributed by atoms with van der Waals surface area (Å²) in [4.78, 5) is 13.5. The number of carbonyl (C=O) groups is 1. The van der Waals surface area contributed by atoms with Gasteiger partial charge in [-0.2, -0.15) is 0 Å². The third-order valence-corrected chi connectivity index (χ3v) is 3.84. The molecule has 2 heteroatoms. The first-order valence-electron chi connectivity index (χ1n) is 4.55. The van der Waals surface area contributed by atoms with E-state index in [0.29, 0.717) is 11.4 Å². The van der Waals surface area contributed by atoms with Gasteiger partial charge in [-0.25, -0.2) is 0 Å². The summed E-state index contributed by atoms with van der Waals surface area (Å²) >= 11 is 0. The normalized spacial score (nSPS) is 52.8. The van der Waals surface area contributed by atoms with Crippen molar-refractivity contribution in [1.29, 1.82) is 0 Å². The lowest BCUT2D eigenvalue weighted by molar-refractivity contribution is -0.131. The molecule has 1 heterocycles. The lowest BCUT2D eigenvalue weighted by Crippen LogP contribution is -2.41. The molecule has 1 amide bonds. The molecule has 60 valence electrons. The Morgan fingerprint density at radius 1 is 1.55 bits per heavy atom. The van der Waals surface area contributed by atoms with Crippen molar-refractivity contribution in [2.75, 3.05) is 6.54 Å². The largest absolute Gasteiger partial charge is 0.337 e. The third kappa shape index (κ3) is 0.534. The zero-order chi connectivity index (χ0) is 7.64. The van der Waals surface area contributed by atoms with Crippen LogP contribution in [0.1, 0.15) is 26.2 Å². The van der Waals surface area contributed by atoms with Crippen molar-refractivity contribution in [3.8, 4) is 0 Å². The van der Waals surface area contributed by atoms with Gasteiger partial charge < -0.3 is 4.90 Å². The van der Waals surface area contributed by atoms with Crippen LogP contribution in [-0.4, -0.2) is 22.9 Å². The van der Waals surface area contributed by atoms with Crippen LogP contribution in [-0.2, 0) is 4.79 Å². The second-order valence-corrected chi connectivity index (χ2v) is 4.32. The zero-order valence-electron chi connectivity index (χ0n) is 6.84. The number of carbonyl (C=O) groups excluding carboxylic acids is 1. The van der Waals surface area contributed by atoms with Gasteiger partial charge in [-0.15, -0.1) is 0 Å². The standard InChI is InChI=1S/C9H13NO/c1-9(6-5-7(6)9)10-4-2-3-8(10)11/h6-7H,2-5H2,1H3. The molecule has 3 rings (SSSR count). The second kappa shape index (κ2) is 1.47. The number of likely N-dealkylation sites (tertiary alicyclic amines) is 1. The molecule has 11 heavy (non-hydrogen) atoms. The van der Waals surface area contributed by atoms with Gasteiger partial charge in [0, 0.05) is 18.5 Å². The zero-order valence-corrected chi connectivity index (χ0v) is 6.84. The Kier molecular flexibility index (Phi) is 0.809. The van der Waals surface area contributed by atoms with Gasteiger partial charge in [0.1, 0.15) is 0 Å². The molecule has 0 N–H and O–H groups in total. The highest BCUT2D eigenvalue weighted by molar-refractivity contribution is 5.80. The summed E-state index contributed by atoms with van der Waals surface area (Å²) in [5.74, 6) is 2.19. The molecule has 2 atom stereocenters. The Bertz CT molecular complexity index is 228. The Morgan fingerprint density at radius 2 is 2.27 bits per heavy atom. The molecule has 2 saturated carbocycles. The van der Waals surface area contributed by atoms with Crippen molar-refractivity contribution in [3.05, 3.63) is 0 Å². The van der Waals surface area contributed by atoms with Crippen LogP contribution in [0.3, 0.4) is 0 Å². The monoisotopic (exact) mass is 151 g/mol. The van der Waals surface area contributed by atoms with Crippen molar-refractivity contribution in [1.82, 2.24) is 4.90 Å². The van der Waals surface area contributed by atoms with E-state index in [4.69, 9.17) is 0 Å². The molecule has 1 aliphatic heterocycles. The SMILES string of the molecule is CC1(N2CCCC2=O)C2CC21. The average Bonchev–Trinajstić information content (AvgIpc) is 2.83. The minimum atomic E-state index is 0.341. The smallest absolute Gasteiger partial charge is 0.223 e. The fourth-order valence-corrected chi connectivity index (χ4v) is 2.75. The molecular weight excluding hydrogens is 138 g/mol. The highest BCUT2D eigenvalue weighted by atomic mass is 16.2. The van der Waals surface area contributed by atoms with Crippen LogP contribution < -0.4 is 0 Å². The van der Waals surface area contributed by atoms with E-state index in [-0.39, 0.29) is 0 Å². The van der Waals surface area contributed by atoms with Crippen molar-refractivity contribution in [2.45, 2.75) is 31.7 Å². The molecule has 2 unspecified atom stereocenters. The van der Waals surface area contributed by atoms with Crippen molar-refractivity contribution in [2.24, 2.45) is 11.8 Å². The van der Waals surface area contributed by atoms with Gasteiger partial charge in [0.2, 0.25) is 5.91 Å². The number of amides is 1. The summed E-state index contributed by atoms with van der Waals surface area (Å²) in [5.41, 5.74) is 0.341. The van der Waals surface area contributed by atoms with Gasteiger partial charge in [0.05, 0.1) is 0 Å². The summed E-state index contributed by atoms with van der Waals surface area (Å²) in [7, 11) is 0. The minimum Gasteiger partial charge on any atom is -0.337 e. The summed E-state index contributed by atoms with van der Waals surface area (Å²) in [6, 6.07) is 0. The van der Waals surface area contributed by atoms with Crippen molar-refractivity contribution >= 4 is 5.91 Å². The van der Waals surface area contributed by atoms with Crippen LogP contribution in [0.5, 0.6) is 0 Å². The fraction of sp³-hybridized carbons (Fsp3) is 0.889. The van der Waals surface area contributed by atoms with Crippen LogP contribution in [0.2, 0.25) is 0 Å². The first-order valence-corrected chi connectivity index (χ1v) is 4.55. The first-order chi connectivity index (χ1) is 5.24. The summed E-state index contributed by atoms with van der Waals surface area (Å²) < 4.78 is 0. The highest BCUT2D eigenvalue weighted by Crippen LogP contribution is 2.73. The van der Waals surface area contributed by atoms with E-state index in [0.717, 1.165) is 31.2 Å². The topological polar surface area (TPSA) is 20.3 Å². The maximum atomic E-state index is 11.4. The molecule has 0 spiro atoms. The molecule has 2 nitrogen and oxygen atoms in total.